The van der Waals surface area contributed by atoms with Gasteiger partial charge in [0.1, 0.15) is 11.6 Å². The Morgan fingerprint density at radius 3 is 2.76 bits per heavy atom. The fraction of sp³-hybridized carbons (Fsp3) is 0.462. The minimum absolute atomic E-state index is 0.0144. The van der Waals surface area contributed by atoms with E-state index in [4.69, 9.17) is 5.73 Å². The van der Waals surface area contributed by atoms with E-state index >= 15 is 0 Å². The van der Waals surface area contributed by atoms with Crippen molar-refractivity contribution in [1.29, 1.82) is 0 Å². The minimum atomic E-state index is -0.321. The van der Waals surface area contributed by atoms with E-state index in [0.717, 1.165) is 19.3 Å². The molecule has 0 aliphatic heterocycles. The monoisotopic (exact) mass is 299 g/mol. The number of benzene rings is 1. The highest BCUT2D eigenvalue weighted by Gasteiger charge is 2.29. The van der Waals surface area contributed by atoms with Crippen LogP contribution >= 0.6 is 15.9 Å². The van der Waals surface area contributed by atoms with Gasteiger partial charge in [-0.25, -0.2) is 4.39 Å². The van der Waals surface area contributed by atoms with E-state index in [2.05, 4.69) is 15.9 Å². The van der Waals surface area contributed by atoms with E-state index < -0.39 is 0 Å². The molecule has 2 unspecified atom stereocenters. The Hall–Kier alpha value is -0.740. The van der Waals surface area contributed by atoms with Gasteiger partial charge in [-0.05, 0) is 36.6 Å². The molecule has 2 atom stereocenters. The Morgan fingerprint density at radius 1 is 1.41 bits per heavy atom. The molecular weight excluding hydrogens is 285 g/mol. The van der Waals surface area contributed by atoms with Crippen molar-refractivity contribution in [3.05, 3.63) is 34.1 Å². The van der Waals surface area contributed by atoms with Crippen molar-refractivity contribution in [3.63, 3.8) is 0 Å². The molecule has 0 amide bonds. The molecule has 2 rings (SSSR count). The maximum atomic E-state index is 13.2. The summed E-state index contributed by atoms with van der Waals surface area (Å²) in [6.45, 7) is 0. The molecule has 0 heterocycles. The molecule has 92 valence electrons. The topological polar surface area (TPSA) is 43.1 Å². The number of carbonyl (C=O) groups excluding carboxylic acids is 1. The highest BCUT2D eigenvalue weighted by molar-refractivity contribution is 9.10. The molecule has 1 saturated carbocycles. The second kappa shape index (κ2) is 5.27. The lowest BCUT2D eigenvalue weighted by atomic mass is 9.94. The smallest absolute Gasteiger partial charge is 0.141 e. The van der Waals surface area contributed by atoms with E-state index in [1.54, 1.807) is 6.07 Å². The third-order valence-corrected chi connectivity index (χ3v) is 3.74. The van der Waals surface area contributed by atoms with Gasteiger partial charge < -0.3 is 5.73 Å². The van der Waals surface area contributed by atoms with Crippen LogP contribution in [0.1, 0.15) is 24.8 Å². The van der Waals surface area contributed by atoms with Gasteiger partial charge in [0, 0.05) is 22.9 Å². The maximum Gasteiger partial charge on any atom is 0.141 e. The van der Waals surface area contributed by atoms with Crippen LogP contribution in [0.5, 0.6) is 0 Å². The number of Topliss-reactive ketones (excluding diaryl/α,β-unsaturated/α-hetero) is 1. The van der Waals surface area contributed by atoms with Crippen molar-refractivity contribution in [2.24, 2.45) is 11.7 Å². The normalized spacial score (nSPS) is 23.9. The summed E-state index contributed by atoms with van der Waals surface area (Å²) in [7, 11) is 0. The standard InChI is InChI=1S/C13H15BrFNO/c14-9-4-8(5-10(15)7-9)6-13(17)11-2-1-3-12(11)16/h4-5,7,11-12H,1-3,6,16H2. The third-order valence-electron chi connectivity index (χ3n) is 3.28. The first kappa shape index (κ1) is 12.7. The Morgan fingerprint density at radius 2 is 2.18 bits per heavy atom. The molecule has 0 radical (unpaired) electrons. The molecule has 1 aromatic carbocycles. The van der Waals surface area contributed by atoms with Gasteiger partial charge >= 0.3 is 0 Å². The van der Waals surface area contributed by atoms with Crippen molar-refractivity contribution in [1.82, 2.24) is 0 Å². The zero-order valence-corrected chi connectivity index (χ0v) is 11.0. The highest BCUT2D eigenvalue weighted by atomic mass is 79.9. The highest BCUT2D eigenvalue weighted by Crippen LogP contribution is 2.26. The molecule has 1 fully saturated rings. The van der Waals surface area contributed by atoms with Crippen LogP contribution in [0, 0.1) is 11.7 Å². The van der Waals surface area contributed by atoms with Crippen LogP contribution in [-0.2, 0) is 11.2 Å². The molecule has 1 aliphatic rings. The first-order chi connectivity index (χ1) is 8.06. The van der Waals surface area contributed by atoms with Crippen LogP contribution in [-0.4, -0.2) is 11.8 Å². The summed E-state index contributed by atoms with van der Waals surface area (Å²) in [4.78, 5) is 12.0. The number of ketones is 1. The predicted molar refractivity (Wildman–Crippen MR) is 68.1 cm³/mol. The van der Waals surface area contributed by atoms with Crippen LogP contribution in [0.25, 0.3) is 0 Å². The Labute approximate surface area is 109 Å². The zero-order valence-electron chi connectivity index (χ0n) is 9.46. The zero-order chi connectivity index (χ0) is 12.4. The molecule has 0 aromatic heterocycles. The van der Waals surface area contributed by atoms with Crippen LogP contribution in [0.2, 0.25) is 0 Å². The predicted octanol–water partition coefficient (Wildman–Crippen LogP) is 2.83. The van der Waals surface area contributed by atoms with Crippen molar-refractivity contribution >= 4 is 21.7 Å². The summed E-state index contributed by atoms with van der Waals surface area (Å²) in [5.74, 6) is -0.234. The van der Waals surface area contributed by atoms with E-state index in [0.29, 0.717) is 10.0 Å². The average Bonchev–Trinajstić information content (AvgIpc) is 2.62. The molecule has 2 N–H and O–H groups in total. The van der Waals surface area contributed by atoms with Gasteiger partial charge in [-0.2, -0.15) is 0 Å². The number of carbonyl (C=O) groups is 1. The van der Waals surface area contributed by atoms with Crippen molar-refractivity contribution < 1.29 is 9.18 Å². The molecule has 17 heavy (non-hydrogen) atoms. The van der Waals surface area contributed by atoms with Gasteiger partial charge in [0.05, 0.1) is 0 Å². The van der Waals surface area contributed by atoms with E-state index in [1.807, 2.05) is 0 Å². The summed E-state index contributed by atoms with van der Waals surface area (Å²) in [5, 5.41) is 0. The molecule has 1 aliphatic carbocycles. The Kier molecular flexibility index (Phi) is 3.94. The number of hydrogen-bond acceptors (Lipinski definition) is 2. The molecular formula is C13H15BrFNO. The van der Waals surface area contributed by atoms with Crippen molar-refractivity contribution in [2.75, 3.05) is 0 Å². The van der Waals surface area contributed by atoms with Gasteiger partial charge in [-0.1, -0.05) is 22.4 Å². The number of halogens is 2. The maximum absolute atomic E-state index is 13.2. The number of rotatable bonds is 3. The van der Waals surface area contributed by atoms with Gasteiger partial charge in [0.25, 0.3) is 0 Å². The SMILES string of the molecule is NC1CCCC1C(=O)Cc1cc(F)cc(Br)c1. The lowest BCUT2D eigenvalue weighted by Crippen LogP contribution is -2.31. The number of nitrogens with two attached hydrogens (primary N) is 1. The summed E-state index contributed by atoms with van der Waals surface area (Å²) in [5.41, 5.74) is 6.60. The Balaban J connectivity index is 2.07. The first-order valence-electron chi connectivity index (χ1n) is 5.79. The molecule has 1 aromatic rings. The summed E-state index contributed by atoms with van der Waals surface area (Å²) in [6.07, 6.45) is 3.08. The molecule has 0 bridgehead atoms. The van der Waals surface area contributed by atoms with Crippen LogP contribution in [0.15, 0.2) is 22.7 Å². The summed E-state index contributed by atoms with van der Waals surface area (Å²) in [6, 6.07) is 4.55. The van der Waals surface area contributed by atoms with Gasteiger partial charge in [-0.3, -0.25) is 4.79 Å². The molecule has 2 nitrogen and oxygen atoms in total. The summed E-state index contributed by atoms with van der Waals surface area (Å²) < 4.78 is 13.8. The molecule has 4 heteroatoms. The Bertz CT molecular complexity index is 415. The van der Waals surface area contributed by atoms with Crippen LogP contribution in [0.3, 0.4) is 0 Å². The second-order valence-corrected chi connectivity index (χ2v) is 5.54. The first-order valence-corrected chi connectivity index (χ1v) is 6.59. The lowest BCUT2D eigenvalue weighted by molar-refractivity contribution is -0.122. The van der Waals surface area contributed by atoms with E-state index in [9.17, 15) is 9.18 Å². The second-order valence-electron chi connectivity index (χ2n) is 4.62. The van der Waals surface area contributed by atoms with Crippen molar-refractivity contribution in [3.8, 4) is 0 Å². The van der Waals surface area contributed by atoms with Crippen LogP contribution in [0.4, 0.5) is 4.39 Å². The lowest BCUT2D eigenvalue weighted by Gasteiger charge is -2.13. The molecule has 0 spiro atoms. The molecule has 0 saturated heterocycles. The minimum Gasteiger partial charge on any atom is -0.327 e. The fourth-order valence-electron chi connectivity index (χ4n) is 2.43. The average molecular weight is 300 g/mol. The van der Waals surface area contributed by atoms with Gasteiger partial charge in [0.15, 0.2) is 0 Å². The third kappa shape index (κ3) is 3.13. The van der Waals surface area contributed by atoms with E-state index in [1.165, 1.54) is 12.1 Å². The van der Waals surface area contributed by atoms with E-state index in [-0.39, 0.29) is 30.0 Å². The quantitative estimate of drug-likeness (QED) is 0.933. The number of hydrogen-bond donors (Lipinski definition) is 1. The largest absolute Gasteiger partial charge is 0.327 e. The van der Waals surface area contributed by atoms with Crippen LogP contribution < -0.4 is 5.73 Å². The summed E-state index contributed by atoms with van der Waals surface area (Å²) >= 11 is 3.22. The fourth-order valence-corrected chi connectivity index (χ4v) is 2.95. The van der Waals surface area contributed by atoms with Gasteiger partial charge in [0.2, 0.25) is 0 Å². The van der Waals surface area contributed by atoms with Crippen molar-refractivity contribution in [2.45, 2.75) is 31.7 Å². The van der Waals surface area contributed by atoms with Gasteiger partial charge in [-0.15, -0.1) is 0 Å².